The number of pyridine rings is 1. The second-order valence-electron chi connectivity index (χ2n) is 6.60. The van der Waals surface area contributed by atoms with E-state index >= 15 is 0 Å². The Hall–Kier alpha value is -1.09. The summed E-state index contributed by atoms with van der Waals surface area (Å²) in [5.74, 6) is 1.22. The highest BCUT2D eigenvalue weighted by Crippen LogP contribution is 2.32. The molecular weight excluding hydrogens is 258 g/mol. The average Bonchev–Trinajstić information content (AvgIpc) is 2.55. The Kier molecular flexibility index (Phi) is 4.79. The topological polar surface area (TPSA) is 19.4 Å². The fourth-order valence-electron chi connectivity index (χ4n) is 3.96. The van der Waals surface area contributed by atoms with Crippen LogP contribution in [0.4, 0.5) is 5.82 Å². The van der Waals surface area contributed by atoms with Crippen molar-refractivity contribution in [2.24, 2.45) is 0 Å². The molecule has 3 heterocycles. The average molecular weight is 287 g/mol. The summed E-state index contributed by atoms with van der Waals surface area (Å²) in [6.45, 7) is 9.27. The van der Waals surface area contributed by atoms with Gasteiger partial charge in [-0.2, -0.15) is 0 Å². The van der Waals surface area contributed by atoms with Crippen molar-refractivity contribution in [1.82, 2.24) is 9.88 Å². The number of aryl methyl sites for hydroxylation is 1. The lowest BCUT2D eigenvalue weighted by Gasteiger charge is -2.35. The molecule has 3 rings (SSSR count). The second kappa shape index (κ2) is 6.78. The van der Waals surface area contributed by atoms with Gasteiger partial charge >= 0.3 is 0 Å². The molecule has 0 amide bonds. The molecule has 0 spiro atoms. The minimum Gasteiger partial charge on any atom is -0.356 e. The van der Waals surface area contributed by atoms with Crippen molar-refractivity contribution >= 4 is 5.82 Å². The molecule has 2 aliphatic heterocycles. The number of rotatable bonds is 3. The molecule has 3 heteroatoms. The molecular formula is C18H29N3. The van der Waals surface area contributed by atoms with E-state index in [4.69, 9.17) is 4.98 Å². The van der Waals surface area contributed by atoms with Crippen molar-refractivity contribution in [2.45, 2.75) is 58.4 Å². The van der Waals surface area contributed by atoms with Crippen molar-refractivity contribution < 1.29 is 0 Å². The predicted octanol–water partition coefficient (Wildman–Crippen LogP) is 3.93. The first-order valence-electron chi connectivity index (χ1n) is 8.75. The maximum absolute atomic E-state index is 4.85. The van der Waals surface area contributed by atoms with E-state index in [0.29, 0.717) is 6.04 Å². The lowest BCUT2D eigenvalue weighted by Crippen LogP contribution is -2.34. The van der Waals surface area contributed by atoms with Gasteiger partial charge in [0.2, 0.25) is 0 Å². The number of piperidine rings is 2. The van der Waals surface area contributed by atoms with Crippen LogP contribution in [0, 0.1) is 6.92 Å². The summed E-state index contributed by atoms with van der Waals surface area (Å²) < 4.78 is 0. The number of nitrogens with zero attached hydrogens (tertiary/aromatic N) is 3. The van der Waals surface area contributed by atoms with Crippen LogP contribution in [0.3, 0.4) is 0 Å². The van der Waals surface area contributed by atoms with Crippen molar-refractivity contribution in [3.8, 4) is 0 Å². The summed E-state index contributed by atoms with van der Waals surface area (Å²) in [5, 5.41) is 0. The van der Waals surface area contributed by atoms with E-state index in [2.05, 4.69) is 35.9 Å². The van der Waals surface area contributed by atoms with E-state index in [1.807, 2.05) is 0 Å². The van der Waals surface area contributed by atoms with Crippen molar-refractivity contribution in [2.75, 3.05) is 31.1 Å². The van der Waals surface area contributed by atoms with Crippen molar-refractivity contribution in [3.63, 3.8) is 0 Å². The first-order chi connectivity index (χ1) is 10.3. The molecule has 116 valence electrons. The zero-order valence-corrected chi connectivity index (χ0v) is 13.6. The van der Waals surface area contributed by atoms with Crippen LogP contribution in [0.2, 0.25) is 0 Å². The third kappa shape index (κ3) is 3.23. The van der Waals surface area contributed by atoms with Crippen LogP contribution in [0.1, 0.15) is 62.6 Å². The minimum absolute atomic E-state index is 0.588. The number of aromatic nitrogens is 1. The van der Waals surface area contributed by atoms with Gasteiger partial charge in [0.15, 0.2) is 0 Å². The zero-order chi connectivity index (χ0) is 14.7. The molecule has 3 nitrogen and oxygen atoms in total. The highest BCUT2D eigenvalue weighted by molar-refractivity contribution is 5.48. The Morgan fingerprint density at radius 2 is 1.86 bits per heavy atom. The molecule has 0 radical (unpaired) electrons. The monoisotopic (exact) mass is 287 g/mol. The van der Waals surface area contributed by atoms with Gasteiger partial charge in [0.1, 0.15) is 5.82 Å². The minimum atomic E-state index is 0.588. The molecule has 2 saturated heterocycles. The van der Waals surface area contributed by atoms with Crippen LogP contribution in [-0.4, -0.2) is 36.1 Å². The highest BCUT2D eigenvalue weighted by atomic mass is 15.2. The van der Waals surface area contributed by atoms with Gasteiger partial charge in [0.05, 0.1) is 0 Å². The standard InChI is InChI=1S/C18H29N3/c1-3-20-10-8-5-9-17(20)16-13-15(2)18(19-14-16)21-11-6-4-7-12-21/h13-14,17H,3-12H2,1-2H3/t17-/m0/s1. The second-order valence-corrected chi connectivity index (χ2v) is 6.60. The summed E-state index contributed by atoms with van der Waals surface area (Å²) in [6.07, 6.45) is 10.1. The van der Waals surface area contributed by atoms with Crippen LogP contribution in [0.25, 0.3) is 0 Å². The van der Waals surface area contributed by atoms with E-state index in [1.165, 1.54) is 75.1 Å². The third-order valence-corrected chi connectivity index (χ3v) is 5.13. The van der Waals surface area contributed by atoms with Crippen LogP contribution in [-0.2, 0) is 0 Å². The lowest BCUT2D eigenvalue weighted by molar-refractivity contribution is 0.157. The van der Waals surface area contributed by atoms with E-state index in [-0.39, 0.29) is 0 Å². The Balaban J connectivity index is 1.79. The molecule has 2 fully saturated rings. The summed E-state index contributed by atoms with van der Waals surface area (Å²) in [7, 11) is 0. The van der Waals surface area contributed by atoms with E-state index in [0.717, 1.165) is 6.54 Å². The van der Waals surface area contributed by atoms with Gasteiger partial charge in [-0.1, -0.05) is 13.3 Å². The Labute approximate surface area is 129 Å². The summed E-state index contributed by atoms with van der Waals surface area (Å²) >= 11 is 0. The number of hydrogen-bond acceptors (Lipinski definition) is 3. The summed E-state index contributed by atoms with van der Waals surface area (Å²) in [6, 6.07) is 2.99. The SMILES string of the molecule is CCN1CCCC[C@H]1c1cnc(N2CCCCC2)c(C)c1. The maximum Gasteiger partial charge on any atom is 0.131 e. The number of likely N-dealkylation sites (tertiary alicyclic amines) is 1. The molecule has 0 N–H and O–H groups in total. The van der Waals surface area contributed by atoms with Gasteiger partial charge in [-0.25, -0.2) is 4.98 Å². The largest absolute Gasteiger partial charge is 0.356 e. The molecule has 2 aliphatic rings. The fraction of sp³-hybridized carbons (Fsp3) is 0.722. The lowest BCUT2D eigenvalue weighted by atomic mass is 9.95. The Morgan fingerprint density at radius 3 is 2.57 bits per heavy atom. The molecule has 1 atom stereocenters. The van der Waals surface area contributed by atoms with Gasteiger partial charge in [0, 0.05) is 25.3 Å². The first-order valence-corrected chi connectivity index (χ1v) is 8.75. The normalized spacial score (nSPS) is 24.3. The van der Waals surface area contributed by atoms with Gasteiger partial charge in [0.25, 0.3) is 0 Å². The van der Waals surface area contributed by atoms with Crippen molar-refractivity contribution in [1.29, 1.82) is 0 Å². The molecule has 0 aromatic carbocycles. The van der Waals surface area contributed by atoms with Crippen LogP contribution >= 0.6 is 0 Å². The molecule has 0 unspecified atom stereocenters. The first kappa shape index (κ1) is 14.8. The van der Waals surface area contributed by atoms with E-state index in [9.17, 15) is 0 Å². The van der Waals surface area contributed by atoms with Gasteiger partial charge in [-0.15, -0.1) is 0 Å². The zero-order valence-electron chi connectivity index (χ0n) is 13.6. The van der Waals surface area contributed by atoms with Crippen LogP contribution in [0.15, 0.2) is 12.3 Å². The third-order valence-electron chi connectivity index (χ3n) is 5.13. The maximum atomic E-state index is 4.85. The van der Waals surface area contributed by atoms with Gasteiger partial charge < -0.3 is 4.90 Å². The highest BCUT2D eigenvalue weighted by Gasteiger charge is 2.24. The molecule has 0 saturated carbocycles. The van der Waals surface area contributed by atoms with Gasteiger partial charge in [-0.05, 0) is 69.3 Å². The molecule has 0 aliphatic carbocycles. The van der Waals surface area contributed by atoms with Gasteiger partial charge in [-0.3, -0.25) is 4.90 Å². The summed E-state index contributed by atoms with van der Waals surface area (Å²) in [4.78, 5) is 9.93. The number of anilines is 1. The van der Waals surface area contributed by atoms with Crippen LogP contribution in [0.5, 0.6) is 0 Å². The smallest absolute Gasteiger partial charge is 0.131 e. The van der Waals surface area contributed by atoms with Crippen molar-refractivity contribution in [3.05, 3.63) is 23.4 Å². The van der Waals surface area contributed by atoms with E-state index in [1.54, 1.807) is 0 Å². The molecule has 0 bridgehead atoms. The van der Waals surface area contributed by atoms with E-state index < -0.39 is 0 Å². The quantitative estimate of drug-likeness (QED) is 0.840. The van der Waals surface area contributed by atoms with Crippen LogP contribution < -0.4 is 4.90 Å². The summed E-state index contributed by atoms with van der Waals surface area (Å²) in [5.41, 5.74) is 2.78. The predicted molar refractivity (Wildman–Crippen MR) is 88.9 cm³/mol. The molecule has 1 aromatic heterocycles. The molecule has 21 heavy (non-hydrogen) atoms. The Morgan fingerprint density at radius 1 is 1.10 bits per heavy atom. The fourth-order valence-corrected chi connectivity index (χ4v) is 3.96. The Bertz CT molecular complexity index is 466. The number of hydrogen-bond donors (Lipinski definition) is 0. The molecule has 1 aromatic rings.